The van der Waals surface area contributed by atoms with E-state index in [0.717, 1.165) is 0 Å². The highest BCUT2D eigenvalue weighted by Crippen LogP contribution is 2.19. The van der Waals surface area contributed by atoms with E-state index in [2.05, 4.69) is 5.32 Å². The molecule has 0 bridgehead atoms. The Bertz CT molecular complexity index is 764. The van der Waals surface area contributed by atoms with Crippen LogP contribution in [0, 0.1) is 5.82 Å². The predicted octanol–water partition coefficient (Wildman–Crippen LogP) is 3.60. The Hall–Kier alpha value is -2.89. The van der Waals surface area contributed by atoms with Gasteiger partial charge in [-0.15, -0.1) is 0 Å². The molecule has 6 heteroatoms. The summed E-state index contributed by atoms with van der Waals surface area (Å²) in [7, 11) is 0. The third-order valence-corrected chi connectivity index (χ3v) is 3.58. The van der Waals surface area contributed by atoms with Gasteiger partial charge in [0.2, 0.25) is 0 Å². The summed E-state index contributed by atoms with van der Waals surface area (Å²) in [5.74, 6) is -2.24. The molecule has 5 nitrogen and oxygen atoms in total. The number of carboxylic acid groups (broad SMARTS) is 1. The average molecular weight is 359 g/mol. The first-order valence-corrected chi connectivity index (χ1v) is 8.21. The first kappa shape index (κ1) is 19.4. The highest BCUT2D eigenvalue weighted by molar-refractivity contribution is 5.94. The van der Waals surface area contributed by atoms with Gasteiger partial charge in [-0.25, -0.2) is 4.39 Å². The molecule has 0 saturated carbocycles. The normalized spacial score (nSPS) is 12.3. The summed E-state index contributed by atoms with van der Waals surface area (Å²) in [5, 5.41) is 12.0. The van der Waals surface area contributed by atoms with Crippen molar-refractivity contribution in [2.24, 2.45) is 0 Å². The molecule has 2 aromatic carbocycles. The third kappa shape index (κ3) is 5.58. The number of carbonyl (C=O) groups excluding carboxylic acids is 1. The van der Waals surface area contributed by atoms with E-state index in [1.54, 1.807) is 24.3 Å². The van der Waals surface area contributed by atoms with Crippen LogP contribution in [0.1, 0.15) is 42.6 Å². The van der Waals surface area contributed by atoms with Gasteiger partial charge in [0.15, 0.2) is 0 Å². The van der Waals surface area contributed by atoms with Crippen molar-refractivity contribution in [1.82, 2.24) is 5.32 Å². The maximum Gasteiger partial charge on any atom is 0.312 e. The SMILES string of the molecule is CC(C)(C)Oc1ccc(C(=O)NCC(C(=O)O)c2ccc(F)cc2)cc1. The molecule has 0 aliphatic carbocycles. The highest BCUT2D eigenvalue weighted by atomic mass is 19.1. The minimum absolute atomic E-state index is 0.0972. The Morgan fingerprint density at radius 3 is 2.15 bits per heavy atom. The number of halogens is 1. The van der Waals surface area contributed by atoms with Crippen LogP contribution in [0.25, 0.3) is 0 Å². The lowest BCUT2D eigenvalue weighted by Gasteiger charge is -2.21. The number of hydrogen-bond donors (Lipinski definition) is 2. The largest absolute Gasteiger partial charge is 0.488 e. The van der Waals surface area contributed by atoms with E-state index in [-0.39, 0.29) is 18.1 Å². The molecule has 26 heavy (non-hydrogen) atoms. The van der Waals surface area contributed by atoms with Crippen LogP contribution >= 0.6 is 0 Å². The van der Waals surface area contributed by atoms with Crippen molar-refractivity contribution in [1.29, 1.82) is 0 Å². The number of aliphatic carboxylic acids is 1. The number of carbonyl (C=O) groups is 2. The summed E-state index contributed by atoms with van der Waals surface area (Å²) < 4.78 is 18.7. The van der Waals surface area contributed by atoms with Crippen LogP contribution in [0.5, 0.6) is 5.75 Å². The van der Waals surface area contributed by atoms with Crippen molar-refractivity contribution < 1.29 is 23.8 Å². The van der Waals surface area contributed by atoms with Crippen LogP contribution in [0.2, 0.25) is 0 Å². The lowest BCUT2D eigenvalue weighted by atomic mass is 9.99. The van der Waals surface area contributed by atoms with Crippen molar-refractivity contribution in [3.63, 3.8) is 0 Å². The molecule has 0 saturated heterocycles. The molecule has 2 N–H and O–H groups in total. The molecular formula is C20H22FNO4. The van der Waals surface area contributed by atoms with Gasteiger partial charge in [-0.3, -0.25) is 9.59 Å². The number of ether oxygens (including phenoxy) is 1. The fourth-order valence-corrected chi connectivity index (χ4v) is 2.37. The minimum atomic E-state index is -1.09. The van der Waals surface area contributed by atoms with Crippen LogP contribution in [-0.2, 0) is 4.79 Å². The number of hydrogen-bond acceptors (Lipinski definition) is 3. The van der Waals surface area contributed by atoms with Gasteiger partial charge in [0.05, 0.1) is 5.92 Å². The van der Waals surface area contributed by atoms with E-state index < -0.39 is 17.7 Å². The van der Waals surface area contributed by atoms with E-state index in [4.69, 9.17) is 4.74 Å². The Balaban J connectivity index is 2.01. The van der Waals surface area contributed by atoms with Crippen LogP contribution in [0.3, 0.4) is 0 Å². The first-order valence-electron chi connectivity index (χ1n) is 8.21. The predicted molar refractivity (Wildman–Crippen MR) is 95.9 cm³/mol. The van der Waals surface area contributed by atoms with Crippen LogP contribution in [0.4, 0.5) is 4.39 Å². The Morgan fingerprint density at radius 1 is 1.08 bits per heavy atom. The lowest BCUT2D eigenvalue weighted by molar-refractivity contribution is -0.138. The molecule has 2 aromatic rings. The topological polar surface area (TPSA) is 75.6 Å². The second-order valence-corrected chi connectivity index (χ2v) is 6.89. The zero-order valence-electron chi connectivity index (χ0n) is 15.0. The molecule has 0 heterocycles. The van der Waals surface area contributed by atoms with Crippen molar-refractivity contribution in [2.45, 2.75) is 32.3 Å². The molecule has 138 valence electrons. The lowest BCUT2D eigenvalue weighted by Crippen LogP contribution is -2.31. The summed E-state index contributed by atoms with van der Waals surface area (Å²) in [6.45, 7) is 5.68. The molecule has 1 amide bonds. The molecule has 1 unspecified atom stereocenters. The van der Waals surface area contributed by atoms with E-state index >= 15 is 0 Å². The summed E-state index contributed by atoms with van der Waals surface area (Å²) in [6.07, 6.45) is 0. The van der Waals surface area contributed by atoms with E-state index in [1.165, 1.54) is 24.3 Å². The van der Waals surface area contributed by atoms with Gasteiger partial charge in [-0.05, 0) is 62.7 Å². The van der Waals surface area contributed by atoms with Gasteiger partial charge in [-0.1, -0.05) is 12.1 Å². The van der Waals surface area contributed by atoms with Crippen molar-refractivity contribution >= 4 is 11.9 Å². The average Bonchev–Trinajstić information content (AvgIpc) is 2.55. The van der Waals surface area contributed by atoms with Crippen molar-refractivity contribution in [3.8, 4) is 5.75 Å². The quantitative estimate of drug-likeness (QED) is 0.826. The number of benzene rings is 2. The first-order chi connectivity index (χ1) is 12.2. The molecule has 0 spiro atoms. The number of carboxylic acids is 1. The van der Waals surface area contributed by atoms with Crippen LogP contribution < -0.4 is 10.1 Å². The summed E-state index contributed by atoms with van der Waals surface area (Å²) in [5.41, 5.74) is 0.482. The Kier molecular flexibility index (Phi) is 5.97. The summed E-state index contributed by atoms with van der Waals surface area (Å²) in [6, 6.07) is 11.8. The molecule has 0 fully saturated rings. The van der Waals surface area contributed by atoms with Gasteiger partial charge < -0.3 is 15.2 Å². The number of rotatable bonds is 6. The smallest absolute Gasteiger partial charge is 0.312 e. The number of nitrogens with one attached hydrogen (secondary N) is 1. The van der Waals surface area contributed by atoms with Gasteiger partial charge in [0, 0.05) is 12.1 Å². The second-order valence-electron chi connectivity index (χ2n) is 6.89. The Labute approximate surface area is 151 Å². The highest BCUT2D eigenvalue weighted by Gasteiger charge is 2.21. The van der Waals surface area contributed by atoms with Gasteiger partial charge >= 0.3 is 5.97 Å². The monoisotopic (exact) mass is 359 g/mol. The Morgan fingerprint density at radius 2 is 1.65 bits per heavy atom. The molecule has 1 atom stereocenters. The molecule has 0 aliphatic heterocycles. The van der Waals surface area contributed by atoms with E-state index in [0.29, 0.717) is 16.9 Å². The molecule has 0 radical (unpaired) electrons. The fraction of sp³-hybridized carbons (Fsp3) is 0.300. The van der Waals surface area contributed by atoms with Gasteiger partial charge in [0.25, 0.3) is 5.91 Å². The molecule has 2 rings (SSSR count). The standard InChI is InChI=1S/C20H22FNO4/c1-20(2,3)26-16-10-6-14(7-11-16)18(23)22-12-17(19(24)25)13-4-8-15(21)9-5-13/h4-11,17H,12H2,1-3H3,(H,22,23)(H,24,25). The van der Waals surface area contributed by atoms with Gasteiger partial charge in [-0.2, -0.15) is 0 Å². The minimum Gasteiger partial charge on any atom is -0.488 e. The van der Waals surface area contributed by atoms with Gasteiger partial charge in [0.1, 0.15) is 17.2 Å². The zero-order chi connectivity index (χ0) is 19.3. The number of amides is 1. The summed E-state index contributed by atoms with van der Waals surface area (Å²) in [4.78, 5) is 23.7. The second kappa shape index (κ2) is 7.99. The molecule has 0 aliphatic rings. The van der Waals surface area contributed by atoms with Crippen molar-refractivity contribution in [3.05, 3.63) is 65.5 Å². The van der Waals surface area contributed by atoms with Crippen LogP contribution in [-0.4, -0.2) is 29.1 Å². The third-order valence-electron chi connectivity index (χ3n) is 3.58. The molecule has 0 aromatic heterocycles. The summed E-state index contributed by atoms with van der Waals surface area (Å²) >= 11 is 0. The van der Waals surface area contributed by atoms with E-state index in [1.807, 2.05) is 20.8 Å². The van der Waals surface area contributed by atoms with E-state index in [9.17, 15) is 19.1 Å². The zero-order valence-corrected chi connectivity index (χ0v) is 15.0. The maximum absolute atomic E-state index is 13.0. The molecular weight excluding hydrogens is 337 g/mol. The fourth-order valence-electron chi connectivity index (χ4n) is 2.37. The van der Waals surface area contributed by atoms with Crippen molar-refractivity contribution in [2.75, 3.05) is 6.54 Å². The maximum atomic E-state index is 13.0. The van der Waals surface area contributed by atoms with Crippen LogP contribution in [0.15, 0.2) is 48.5 Å².